The summed E-state index contributed by atoms with van der Waals surface area (Å²) in [7, 11) is 0. The molecule has 0 aliphatic heterocycles. The summed E-state index contributed by atoms with van der Waals surface area (Å²) >= 11 is 1.75. The predicted octanol–water partition coefficient (Wildman–Crippen LogP) is 3.02. The number of aryl methyl sites for hydroxylation is 1. The van der Waals surface area contributed by atoms with E-state index in [4.69, 9.17) is 5.73 Å². The van der Waals surface area contributed by atoms with Crippen molar-refractivity contribution in [3.8, 4) is 0 Å². The molecule has 0 aromatic carbocycles. The number of nitrogens with two attached hydrogens (primary N) is 1. The molecule has 1 atom stereocenters. The van der Waals surface area contributed by atoms with Crippen LogP contribution in [0.1, 0.15) is 29.3 Å². The highest BCUT2D eigenvalue weighted by atomic mass is 32.1. The molecule has 0 saturated heterocycles. The maximum atomic E-state index is 5.99. The molecule has 2 N–H and O–H groups in total. The monoisotopic (exact) mass is 181 g/mol. The maximum absolute atomic E-state index is 5.99. The molecule has 0 unspecified atom stereocenters. The Morgan fingerprint density at radius 1 is 1.75 bits per heavy atom. The molecule has 1 rings (SSSR count). The topological polar surface area (TPSA) is 26.0 Å². The summed E-state index contributed by atoms with van der Waals surface area (Å²) in [5.74, 6) is 0. The smallest absolute Gasteiger partial charge is 0.0395 e. The third kappa shape index (κ3) is 2.19. The van der Waals surface area contributed by atoms with E-state index in [9.17, 15) is 0 Å². The minimum Gasteiger partial charge on any atom is -0.323 e. The summed E-state index contributed by atoms with van der Waals surface area (Å²) in [6.45, 7) is 5.79. The van der Waals surface area contributed by atoms with Crippen LogP contribution in [0.2, 0.25) is 0 Å². The SMILES string of the molecule is C=CCC[C@H](N)c1sccc1C. The highest BCUT2D eigenvalue weighted by molar-refractivity contribution is 7.10. The van der Waals surface area contributed by atoms with Crippen molar-refractivity contribution < 1.29 is 0 Å². The van der Waals surface area contributed by atoms with Crippen LogP contribution in [-0.2, 0) is 0 Å². The van der Waals surface area contributed by atoms with Crippen LogP contribution in [0.3, 0.4) is 0 Å². The Bertz CT molecular complexity index is 252. The van der Waals surface area contributed by atoms with Gasteiger partial charge in [0.1, 0.15) is 0 Å². The predicted molar refractivity (Wildman–Crippen MR) is 55.4 cm³/mol. The van der Waals surface area contributed by atoms with Crippen molar-refractivity contribution in [1.29, 1.82) is 0 Å². The molecule has 12 heavy (non-hydrogen) atoms. The van der Waals surface area contributed by atoms with Crippen molar-refractivity contribution in [3.05, 3.63) is 34.5 Å². The average molecular weight is 181 g/mol. The third-order valence-corrected chi connectivity index (χ3v) is 3.07. The molecule has 0 bridgehead atoms. The Hall–Kier alpha value is -0.600. The molecule has 1 nitrogen and oxygen atoms in total. The molecular weight excluding hydrogens is 166 g/mol. The van der Waals surface area contributed by atoms with E-state index in [2.05, 4.69) is 24.9 Å². The maximum Gasteiger partial charge on any atom is 0.0395 e. The molecule has 0 saturated carbocycles. The van der Waals surface area contributed by atoms with Crippen LogP contribution in [0.15, 0.2) is 24.1 Å². The fraction of sp³-hybridized carbons (Fsp3) is 0.400. The van der Waals surface area contributed by atoms with E-state index < -0.39 is 0 Å². The molecule has 0 aliphatic rings. The van der Waals surface area contributed by atoms with Crippen LogP contribution in [0, 0.1) is 6.92 Å². The van der Waals surface area contributed by atoms with Gasteiger partial charge >= 0.3 is 0 Å². The lowest BCUT2D eigenvalue weighted by Gasteiger charge is -2.08. The first-order valence-electron chi connectivity index (χ1n) is 4.16. The highest BCUT2D eigenvalue weighted by Crippen LogP contribution is 2.25. The Kier molecular flexibility index (Phi) is 3.50. The quantitative estimate of drug-likeness (QED) is 0.710. The lowest BCUT2D eigenvalue weighted by molar-refractivity contribution is 0.669. The van der Waals surface area contributed by atoms with E-state index in [1.807, 2.05) is 6.08 Å². The molecule has 0 radical (unpaired) electrons. The zero-order valence-corrected chi connectivity index (χ0v) is 8.23. The van der Waals surface area contributed by atoms with Gasteiger partial charge in [-0.3, -0.25) is 0 Å². The summed E-state index contributed by atoms with van der Waals surface area (Å²) in [6.07, 6.45) is 3.92. The molecule has 2 heteroatoms. The second-order valence-corrected chi connectivity index (χ2v) is 3.89. The molecule has 1 aromatic rings. The third-order valence-electron chi connectivity index (χ3n) is 1.92. The first kappa shape index (κ1) is 9.49. The van der Waals surface area contributed by atoms with Crippen molar-refractivity contribution in [2.45, 2.75) is 25.8 Å². The number of hydrogen-bond acceptors (Lipinski definition) is 2. The minimum atomic E-state index is 0.197. The van der Waals surface area contributed by atoms with E-state index >= 15 is 0 Å². The van der Waals surface area contributed by atoms with E-state index in [1.54, 1.807) is 11.3 Å². The normalized spacial score (nSPS) is 12.8. The summed E-state index contributed by atoms with van der Waals surface area (Å²) in [5, 5.41) is 2.10. The summed E-state index contributed by atoms with van der Waals surface area (Å²) in [6, 6.07) is 2.32. The van der Waals surface area contributed by atoms with Gasteiger partial charge in [-0.2, -0.15) is 0 Å². The van der Waals surface area contributed by atoms with Crippen LogP contribution in [0.5, 0.6) is 0 Å². The van der Waals surface area contributed by atoms with Crippen molar-refractivity contribution in [3.63, 3.8) is 0 Å². The van der Waals surface area contributed by atoms with Gasteiger partial charge < -0.3 is 5.73 Å². The van der Waals surface area contributed by atoms with E-state index in [1.165, 1.54) is 10.4 Å². The van der Waals surface area contributed by atoms with Gasteiger partial charge in [0.05, 0.1) is 0 Å². The van der Waals surface area contributed by atoms with Gasteiger partial charge in [0, 0.05) is 10.9 Å². The molecule has 0 amide bonds. The van der Waals surface area contributed by atoms with Gasteiger partial charge in [-0.1, -0.05) is 6.08 Å². The number of thiophene rings is 1. The van der Waals surface area contributed by atoms with Crippen LogP contribution < -0.4 is 5.73 Å². The Balaban J connectivity index is 2.58. The molecule has 1 aromatic heterocycles. The first-order chi connectivity index (χ1) is 5.75. The summed E-state index contributed by atoms with van der Waals surface area (Å²) in [5.41, 5.74) is 7.31. The van der Waals surface area contributed by atoms with Gasteiger partial charge in [-0.05, 0) is 36.8 Å². The highest BCUT2D eigenvalue weighted by Gasteiger charge is 2.08. The Morgan fingerprint density at radius 2 is 2.50 bits per heavy atom. The van der Waals surface area contributed by atoms with Crippen LogP contribution in [-0.4, -0.2) is 0 Å². The minimum absolute atomic E-state index is 0.197. The molecule has 0 aliphatic carbocycles. The van der Waals surface area contributed by atoms with Crippen molar-refractivity contribution in [1.82, 2.24) is 0 Å². The number of allylic oxidation sites excluding steroid dienone is 1. The van der Waals surface area contributed by atoms with Crippen LogP contribution in [0.25, 0.3) is 0 Å². The van der Waals surface area contributed by atoms with Crippen LogP contribution in [0.4, 0.5) is 0 Å². The molecular formula is C10H15NS. The standard InChI is InChI=1S/C10H15NS/c1-3-4-5-9(11)10-8(2)6-7-12-10/h3,6-7,9H,1,4-5,11H2,2H3/t9-/m0/s1. The fourth-order valence-electron chi connectivity index (χ4n) is 1.19. The van der Waals surface area contributed by atoms with Gasteiger partial charge in [-0.15, -0.1) is 17.9 Å². The van der Waals surface area contributed by atoms with E-state index in [0.29, 0.717) is 0 Å². The fourth-order valence-corrected chi connectivity index (χ4v) is 2.16. The van der Waals surface area contributed by atoms with E-state index in [-0.39, 0.29) is 6.04 Å². The Labute approximate surface area is 77.9 Å². The number of rotatable bonds is 4. The first-order valence-corrected chi connectivity index (χ1v) is 5.04. The lowest BCUT2D eigenvalue weighted by atomic mass is 10.1. The van der Waals surface area contributed by atoms with Crippen molar-refractivity contribution in [2.24, 2.45) is 5.73 Å². The molecule has 0 fully saturated rings. The molecule has 1 heterocycles. The molecule has 0 spiro atoms. The zero-order chi connectivity index (χ0) is 8.97. The van der Waals surface area contributed by atoms with Gasteiger partial charge in [0.15, 0.2) is 0 Å². The van der Waals surface area contributed by atoms with Gasteiger partial charge in [0.2, 0.25) is 0 Å². The zero-order valence-electron chi connectivity index (χ0n) is 7.42. The largest absolute Gasteiger partial charge is 0.323 e. The Morgan fingerprint density at radius 3 is 3.00 bits per heavy atom. The molecule has 66 valence electrons. The van der Waals surface area contributed by atoms with Crippen molar-refractivity contribution in [2.75, 3.05) is 0 Å². The summed E-state index contributed by atoms with van der Waals surface area (Å²) < 4.78 is 0. The van der Waals surface area contributed by atoms with Crippen molar-refractivity contribution >= 4 is 11.3 Å². The summed E-state index contributed by atoms with van der Waals surface area (Å²) in [4.78, 5) is 1.32. The second-order valence-electron chi connectivity index (χ2n) is 2.94. The lowest BCUT2D eigenvalue weighted by Crippen LogP contribution is -2.08. The average Bonchev–Trinajstić information content (AvgIpc) is 2.47. The number of hydrogen-bond donors (Lipinski definition) is 1. The second kappa shape index (κ2) is 4.43. The van der Waals surface area contributed by atoms with Gasteiger partial charge in [0.25, 0.3) is 0 Å². The van der Waals surface area contributed by atoms with Gasteiger partial charge in [-0.25, -0.2) is 0 Å². The van der Waals surface area contributed by atoms with E-state index in [0.717, 1.165) is 12.8 Å². The van der Waals surface area contributed by atoms with Crippen LogP contribution >= 0.6 is 11.3 Å².